The minimum Gasteiger partial charge on any atom is -0.482 e. The maximum Gasteiger partial charge on any atom is 0.344 e. The van der Waals surface area contributed by atoms with Gasteiger partial charge in [-0.2, -0.15) is 4.68 Å². The molecule has 1 aliphatic rings. The SMILES string of the molecule is O=C(COc1ccc2oc3c(c2c1)CCCC3)OCc1nnnn1-c1ccccc1. The zero-order valence-corrected chi connectivity index (χ0v) is 16.3. The highest BCUT2D eigenvalue weighted by atomic mass is 16.6. The summed E-state index contributed by atoms with van der Waals surface area (Å²) >= 11 is 0. The molecule has 152 valence electrons. The van der Waals surface area contributed by atoms with E-state index in [0.29, 0.717) is 11.6 Å². The van der Waals surface area contributed by atoms with Crippen LogP contribution < -0.4 is 4.74 Å². The molecule has 2 aromatic carbocycles. The number of aromatic nitrogens is 4. The van der Waals surface area contributed by atoms with Gasteiger partial charge in [-0.05, 0) is 60.0 Å². The molecular formula is C22H20N4O4. The molecule has 30 heavy (non-hydrogen) atoms. The predicted octanol–water partition coefficient (Wildman–Crippen LogP) is 3.41. The zero-order valence-electron chi connectivity index (χ0n) is 16.3. The number of ether oxygens (including phenoxy) is 2. The first-order valence-electron chi connectivity index (χ1n) is 9.93. The van der Waals surface area contributed by atoms with Gasteiger partial charge in [0, 0.05) is 17.4 Å². The number of esters is 1. The van der Waals surface area contributed by atoms with Gasteiger partial charge < -0.3 is 13.9 Å². The van der Waals surface area contributed by atoms with Crippen LogP contribution in [0.4, 0.5) is 0 Å². The highest BCUT2D eigenvalue weighted by Gasteiger charge is 2.18. The maximum atomic E-state index is 12.2. The Balaban J connectivity index is 1.21. The number of furan rings is 1. The molecule has 0 aliphatic heterocycles. The van der Waals surface area contributed by atoms with E-state index in [1.54, 1.807) is 6.07 Å². The number of tetrazole rings is 1. The van der Waals surface area contributed by atoms with Gasteiger partial charge in [0.25, 0.3) is 0 Å². The molecule has 0 amide bonds. The molecule has 8 heteroatoms. The van der Waals surface area contributed by atoms with Crippen LogP contribution in [0.1, 0.15) is 30.0 Å². The van der Waals surface area contributed by atoms with E-state index in [1.165, 1.54) is 16.7 Å². The number of hydrogen-bond acceptors (Lipinski definition) is 7. The molecule has 2 aromatic heterocycles. The molecule has 1 aliphatic carbocycles. The number of nitrogens with zero attached hydrogens (tertiary/aromatic N) is 4. The summed E-state index contributed by atoms with van der Waals surface area (Å²) in [5.74, 6) is 1.62. The van der Waals surface area contributed by atoms with Crippen molar-refractivity contribution in [2.45, 2.75) is 32.3 Å². The van der Waals surface area contributed by atoms with Gasteiger partial charge in [0.1, 0.15) is 17.1 Å². The molecule has 0 saturated carbocycles. The Kier molecular flexibility index (Phi) is 4.88. The first kappa shape index (κ1) is 18.4. The number of carbonyl (C=O) groups is 1. The Morgan fingerprint density at radius 1 is 1.10 bits per heavy atom. The Morgan fingerprint density at radius 2 is 1.97 bits per heavy atom. The van der Waals surface area contributed by atoms with Crippen molar-refractivity contribution in [3.8, 4) is 11.4 Å². The highest BCUT2D eigenvalue weighted by Crippen LogP contribution is 2.33. The summed E-state index contributed by atoms with van der Waals surface area (Å²) in [6.07, 6.45) is 4.33. The summed E-state index contributed by atoms with van der Waals surface area (Å²) in [4.78, 5) is 12.2. The standard InChI is InChI=1S/C22H20N4O4/c27-22(29-13-21-23-24-25-26(21)15-6-2-1-3-7-15)14-28-16-10-11-20-18(12-16)17-8-4-5-9-19(17)30-20/h1-3,6-7,10-12H,4-5,8-9,13-14H2. The first-order chi connectivity index (χ1) is 14.8. The fraction of sp³-hybridized carbons (Fsp3) is 0.273. The summed E-state index contributed by atoms with van der Waals surface area (Å²) in [5.41, 5.74) is 2.92. The minimum absolute atomic E-state index is 0.0433. The molecule has 0 N–H and O–H groups in total. The Morgan fingerprint density at radius 3 is 2.87 bits per heavy atom. The maximum absolute atomic E-state index is 12.2. The van der Waals surface area contributed by atoms with E-state index in [9.17, 15) is 4.79 Å². The predicted molar refractivity (Wildman–Crippen MR) is 107 cm³/mol. The third-order valence-electron chi connectivity index (χ3n) is 5.18. The zero-order chi connectivity index (χ0) is 20.3. The van der Waals surface area contributed by atoms with Crippen molar-refractivity contribution in [2.75, 3.05) is 6.61 Å². The Hall–Kier alpha value is -3.68. The molecule has 2 heterocycles. The quantitative estimate of drug-likeness (QED) is 0.455. The third-order valence-corrected chi connectivity index (χ3v) is 5.18. The monoisotopic (exact) mass is 404 g/mol. The number of para-hydroxylation sites is 1. The number of carbonyl (C=O) groups excluding carboxylic acids is 1. The smallest absolute Gasteiger partial charge is 0.344 e. The van der Waals surface area contributed by atoms with E-state index in [1.807, 2.05) is 42.5 Å². The molecule has 4 aromatic rings. The van der Waals surface area contributed by atoms with Gasteiger partial charge in [-0.1, -0.05) is 18.2 Å². The van der Waals surface area contributed by atoms with Gasteiger partial charge in [0.2, 0.25) is 0 Å². The van der Waals surface area contributed by atoms with Gasteiger partial charge in [-0.25, -0.2) is 4.79 Å². The lowest BCUT2D eigenvalue weighted by atomic mass is 9.96. The normalized spacial score (nSPS) is 13.2. The lowest BCUT2D eigenvalue weighted by molar-refractivity contribution is -0.147. The molecule has 0 unspecified atom stereocenters. The molecule has 0 atom stereocenters. The van der Waals surface area contributed by atoms with Crippen molar-refractivity contribution in [1.29, 1.82) is 0 Å². The van der Waals surface area contributed by atoms with Crippen LogP contribution in [0.5, 0.6) is 5.75 Å². The topological polar surface area (TPSA) is 92.3 Å². The van der Waals surface area contributed by atoms with Crippen LogP contribution in [-0.2, 0) is 29.0 Å². The van der Waals surface area contributed by atoms with Crippen LogP contribution in [0.3, 0.4) is 0 Å². The molecule has 8 nitrogen and oxygen atoms in total. The number of fused-ring (bicyclic) bond motifs is 3. The molecule has 5 rings (SSSR count). The average Bonchev–Trinajstić information content (AvgIpc) is 3.41. The third kappa shape index (κ3) is 3.63. The highest BCUT2D eigenvalue weighted by molar-refractivity contribution is 5.84. The molecular weight excluding hydrogens is 384 g/mol. The van der Waals surface area contributed by atoms with E-state index < -0.39 is 5.97 Å². The van der Waals surface area contributed by atoms with Crippen molar-refractivity contribution in [1.82, 2.24) is 20.2 Å². The van der Waals surface area contributed by atoms with E-state index >= 15 is 0 Å². The van der Waals surface area contributed by atoms with E-state index in [4.69, 9.17) is 13.9 Å². The van der Waals surface area contributed by atoms with Crippen molar-refractivity contribution < 1.29 is 18.7 Å². The summed E-state index contributed by atoms with van der Waals surface area (Å²) in [6.45, 7) is -0.239. The molecule has 0 bridgehead atoms. The summed E-state index contributed by atoms with van der Waals surface area (Å²) in [7, 11) is 0. The van der Waals surface area contributed by atoms with Crippen LogP contribution >= 0.6 is 0 Å². The molecule has 0 fully saturated rings. The Bertz CT molecular complexity index is 1180. The average molecular weight is 404 g/mol. The van der Waals surface area contributed by atoms with Crippen molar-refractivity contribution >= 4 is 16.9 Å². The van der Waals surface area contributed by atoms with Crippen LogP contribution in [0.15, 0.2) is 52.9 Å². The second kappa shape index (κ2) is 7.98. The van der Waals surface area contributed by atoms with Gasteiger partial charge in [-0.3, -0.25) is 0 Å². The summed E-state index contributed by atoms with van der Waals surface area (Å²) < 4.78 is 18.4. The van der Waals surface area contributed by atoms with Crippen LogP contribution in [0.2, 0.25) is 0 Å². The summed E-state index contributed by atoms with van der Waals surface area (Å²) in [5, 5.41) is 12.6. The largest absolute Gasteiger partial charge is 0.482 e. The second-order valence-electron chi connectivity index (χ2n) is 7.16. The molecule has 0 spiro atoms. The second-order valence-corrected chi connectivity index (χ2v) is 7.16. The van der Waals surface area contributed by atoms with Crippen LogP contribution in [0, 0.1) is 0 Å². The lowest BCUT2D eigenvalue weighted by Gasteiger charge is -2.09. The first-order valence-corrected chi connectivity index (χ1v) is 9.93. The number of rotatable bonds is 6. The van der Waals surface area contributed by atoms with E-state index in [-0.39, 0.29) is 13.2 Å². The van der Waals surface area contributed by atoms with Gasteiger partial charge in [-0.15, -0.1) is 5.10 Å². The molecule has 0 saturated heterocycles. The van der Waals surface area contributed by atoms with Gasteiger partial charge >= 0.3 is 5.97 Å². The Labute approximate surface area is 172 Å². The van der Waals surface area contributed by atoms with E-state index in [0.717, 1.165) is 41.7 Å². The van der Waals surface area contributed by atoms with Gasteiger partial charge in [0.15, 0.2) is 19.0 Å². The van der Waals surface area contributed by atoms with Crippen LogP contribution in [-0.4, -0.2) is 32.8 Å². The van der Waals surface area contributed by atoms with Crippen molar-refractivity contribution in [2.24, 2.45) is 0 Å². The lowest BCUT2D eigenvalue weighted by Crippen LogP contribution is -2.16. The van der Waals surface area contributed by atoms with E-state index in [2.05, 4.69) is 15.5 Å². The van der Waals surface area contributed by atoms with Crippen LogP contribution in [0.25, 0.3) is 16.7 Å². The fourth-order valence-corrected chi connectivity index (χ4v) is 3.73. The molecule has 0 radical (unpaired) electrons. The summed E-state index contributed by atoms with van der Waals surface area (Å²) in [6, 6.07) is 15.0. The number of aryl methyl sites for hydroxylation is 2. The van der Waals surface area contributed by atoms with Crippen molar-refractivity contribution in [3.63, 3.8) is 0 Å². The fourth-order valence-electron chi connectivity index (χ4n) is 3.73. The number of benzene rings is 2. The van der Waals surface area contributed by atoms with Gasteiger partial charge in [0.05, 0.1) is 5.69 Å². The minimum atomic E-state index is -0.494. The number of hydrogen-bond donors (Lipinski definition) is 0. The van der Waals surface area contributed by atoms with Crippen molar-refractivity contribution in [3.05, 3.63) is 65.7 Å².